The van der Waals surface area contributed by atoms with E-state index in [1.165, 1.54) is 4.90 Å². The molecular weight excluding hydrogens is 318 g/mol. The molecule has 0 spiro atoms. The van der Waals surface area contributed by atoms with E-state index in [0.717, 1.165) is 5.56 Å². The summed E-state index contributed by atoms with van der Waals surface area (Å²) in [6, 6.07) is 16.8. The molecule has 0 aliphatic carbocycles. The second-order valence-electron chi connectivity index (χ2n) is 6.23. The number of fused-ring (bicyclic) bond motifs is 1. The molecule has 2 aliphatic rings. The summed E-state index contributed by atoms with van der Waals surface area (Å²) >= 11 is 0. The lowest BCUT2D eigenvalue weighted by Gasteiger charge is -2.28. The summed E-state index contributed by atoms with van der Waals surface area (Å²) in [5.74, 6) is -1.22. The lowest BCUT2D eigenvalue weighted by molar-refractivity contribution is -0.171. The molecule has 5 nitrogen and oxygen atoms in total. The van der Waals surface area contributed by atoms with Gasteiger partial charge >= 0.3 is 0 Å². The summed E-state index contributed by atoms with van der Waals surface area (Å²) in [4.78, 5) is 26.2. The van der Waals surface area contributed by atoms with Gasteiger partial charge in [-0.15, -0.1) is 0 Å². The average molecular weight is 337 g/mol. The van der Waals surface area contributed by atoms with E-state index in [9.17, 15) is 9.59 Å². The fourth-order valence-electron chi connectivity index (χ4n) is 3.51. The Balaban J connectivity index is 1.46. The molecular formula is C20H19NO4. The largest absolute Gasteiger partial charge is 0.343 e. The number of rotatable bonds is 5. The monoisotopic (exact) mass is 337 g/mol. The SMILES string of the molecule is O=C1c2ccccc2C(=O)N1CCCC1(c2ccccc2)OCCO1. The van der Waals surface area contributed by atoms with Crippen molar-refractivity contribution in [3.63, 3.8) is 0 Å². The van der Waals surface area contributed by atoms with Gasteiger partial charge in [0.2, 0.25) is 0 Å². The topological polar surface area (TPSA) is 55.8 Å². The van der Waals surface area contributed by atoms with Crippen LogP contribution in [0, 0.1) is 0 Å². The Morgan fingerprint density at radius 1 is 0.840 bits per heavy atom. The van der Waals surface area contributed by atoms with Gasteiger partial charge < -0.3 is 9.47 Å². The van der Waals surface area contributed by atoms with Gasteiger partial charge in [0.25, 0.3) is 11.8 Å². The van der Waals surface area contributed by atoms with Gasteiger partial charge in [-0.1, -0.05) is 42.5 Å². The molecule has 2 amide bonds. The summed E-state index contributed by atoms with van der Waals surface area (Å²) < 4.78 is 11.8. The van der Waals surface area contributed by atoms with Crippen LogP contribution in [0.25, 0.3) is 0 Å². The molecule has 0 bridgehead atoms. The first-order valence-corrected chi connectivity index (χ1v) is 8.50. The Kier molecular flexibility index (Phi) is 4.11. The van der Waals surface area contributed by atoms with Crippen LogP contribution in [0.1, 0.15) is 39.1 Å². The van der Waals surface area contributed by atoms with Crippen LogP contribution in [-0.4, -0.2) is 36.5 Å². The van der Waals surface area contributed by atoms with Crippen LogP contribution in [0.2, 0.25) is 0 Å². The fourth-order valence-corrected chi connectivity index (χ4v) is 3.51. The second kappa shape index (κ2) is 6.43. The molecule has 0 radical (unpaired) electrons. The third-order valence-electron chi connectivity index (χ3n) is 4.73. The van der Waals surface area contributed by atoms with E-state index < -0.39 is 5.79 Å². The summed E-state index contributed by atoms with van der Waals surface area (Å²) in [6.07, 6.45) is 1.20. The van der Waals surface area contributed by atoms with E-state index in [1.54, 1.807) is 24.3 Å². The van der Waals surface area contributed by atoms with Crippen LogP contribution in [0.15, 0.2) is 54.6 Å². The van der Waals surface area contributed by atoms with Crippen molar-refractivity contribution in [1.82, 2.24) is 4.90 Å². The van der Waals surface area contributed by atoms with Gasteiger partial charge in [0, 0.05) is 18.5 Å². The van der Waals surface area contributed by atoms with Crippen LogP contribution < -0.4 is 0 Å². The summed E-state index contributed by atoms with van der Waals surface area (Å²) in [6.45, 7) is 1.44. The van der Waals surface area contributed by atoms with E-state index in [1.807, 2.05) is 30.3 Å². The molecule has 1 fully saturated rings. The Morgan fingerprint density at radius 3 is 2.00 bits per heavy atom. The minimum absolute atomic E-state index is 0.220. The average Bonchev–Trinajstić information content (AvgIpc) is 3.23. The number of nitrogens with zero attached hydrogens (tertiary/aromatic N) is 1. The summed E-state index contributed by atoms with van der Waals surface area (Å²) in [5, 5.41) is 0. The molecule has 0 saturated carbocycles. The zero-order chi connectivity index (χ0) is 17.3. The Bertz CT molecular complexity index is 761. The fraction of sp³-hybridized carbons (Fsp3) is 0.300. The van der Waals surface area contributed by atoms with Crippen molar-refractivity contribution in [1.29, 1.82) is 0 Å². The van der Waals surface area contributed by atoms with Gasteiger partial charge in [0.15, 0.2) is 5.79 Å². The number of carbonyl (C=O) groups excluding carboxylic acids is 2. The third-order valence-corrected chi connectivity index (χ3v) is 4.73. The number of imide groups is 1. The molecule has 2 aromatic carbocycles. The van der Waals surface area contributed by atoms with E-state index in [4.69, 9.17) is 9.47 Å². The highest BCUT2D eigenvalue weighted by Crippen LogP contribution is 2.36. The molecule has 0 atom stereocenters. The van der Waals surface area contributed by atoms with Gasteiger partial charge in [-0.05, 0) is 18.6 Å². The summed E-state index contributed by atoms with van der Waals surface area (Å²) in [5.41, 5.74) is 1.94. The highest BCUT2D eigenvalue weighted by molar-refractivity contribution is 6.21. The van der Waals surface area contributed by atoms with Gasteiger partial charge in [0.05, 0.1) is 24.3 Å². The smallest absolute Gasteiger partial charge is 0.261 e. The molecule has 5 heteroatoms. The van der Waals surface area contributed by atoms with Crippen molar-refractivity contribution in [3.05, 3.63) is 71.3 Å². The maximum Gasteiger partial charge on any atom is 0.261 e. The third kappa shape index (κ3) is 2.75. The van der Waals surface area contributed by atoms with Crippen molar-refractivity contribution >= 4 is 11.8 Å². The van der Waals surface area contributed by atoms with Crippen LogP contribution in [0.4, 0.5) is 0 Å². The van der Waals surface area contributed by atoms with Gasteiger partial charge in [0.1, 0.15) is 0 Å². The Morgan fingerprint density at radius 2 is 1.40 bits per heavy atom. The minimum Gasteiger partial charge on any atom is -0.343 e. The molecule has 2 aliphatic heterocycles. The summed E-state index contributed by atoms with van der Waals surface area (Å²) in [7, 11) is 0. The second-order valence-corrected chi connectivity index (χ2v) is 6.23. The highest BCUT2D eigenvalue weighted by Gasteiger charge is 2.39. The standard InChI is InChI=1S/C20H19NO4/c22-18-16-9-4-5-10-17(16)19(23)21(18)12-6-11-20(24-13-14-25-20)15-7-2-1-3-8-15/h1-5,7-10H,6,11-14H2. The number of benzene rings is 2. The normalized spacial score (nSPS) is 18.6. The predicted molar refractivity (Wildman–Crippen MR) is 91.1 cm³/mol. The highest BCUT2D eigenvalue weighted by atomic mass is 16.7. The van der Waals surface area contributed by atoms with Crippen molar-refractivity contribution in [3.8, 4) is 0 Å². The van der Waals surface area contributed by atoms with E-state index in [-0.39, 0.29) is 11.8 Å². The van der Waals surface area contributed by atoms with Crippen LogP contribution in [-0.2, 0) is 15.3 Å². The number of amides is 2. The Labute approximate surface area is 146 Å². The van der Waals surface area contributed by atoms with Crippen LogP contribution in [0.3, 0.4) is 0 Å². The maximum atomic E-state index is 12.4. The minimum atomic E-state index is -0.778. The first-order valence-electron chi connectivity index (χ1n) is 8.50. The van der Waals surface area contributed by atoms with Crippen molar-refractivity contribution in [2.75, 3.05) is 19.8 Å². The van der Waals surface area contributed by atoms with Gasteiger partial charge in [-0.25, -0.2) is 0 Å². The molecule has 128 valence electrons. The lowest BCUT2D eigenvalue weighted by Crippen LogP contribution is -2.33. The number of hydrogen-bond donors (Lipinski definition) is 0. The number of ether oxygens (including phenoxy) is 2. The predicted octanol–water partition coefficient (Wildman–Crippen LogP) is 2.96. The molecule has 2 aromatic rings. The van der Waals surface area contributed by atoms with Crippen molar-refractivity contribution < 1.29 is 19.1 Å². The van der Waals surface area contributed by atoms with Crippen molar-refractivity contribution in [2.24, 2.45) is 0 Å². The first kappa shape index (κ1) is 16.0. The van der Waals surface area contributed by atoms with E-state index >= 15 is 0 Å². The molecule has 0 aromatic heterocycles. The van der Waals surface area contributed by atoms with Gasteiger partial charge in [-0.3, -0.25) is 14.5 Å². The molecule has 0 N–H and O–H groups in total. The Hall–Kier alpha value is -2.50. The molecule has 0 unspecified atom stereocenters. The van der Waals surface area contributed by atoms with Gasteiger partial charge in [-0.2, -0.15) is 0 Å². The number of carbonyl (C=O) groups is 2. The van der Waals surface area contributed by atoms with Crippen LogP contribution >= 0.6 is 0 Å². The van der Waals surface area contributed by atoms with E-state index in [0.29, 0.717) is 43.7 Å². The van der Waals surface area contributed by atoms with Crippen molar-refractivity contribution in [2.45, 2.75) is 18.6 Å². The molecule has 4 rings (SSSR count). The maximum absolute atomic E-state index is 12.4. The lowest BCUT2D eigenvalue weighted by atomic mass is 10.0. The first-order chi connectivity index (χ1) is 12.2. The quantitative estimate of drug-likeness (QED) is 0.787. The van der Waals surface area contributed by atoms with E-state index in [2.05, 4.69) is 0 Å². The molecule has 25 heavy (non-hydrogen) atoms. The zero-order valence-corrected chi connectivity index (χ0v) is 13.8. The van der Waals surface area contributed by atoms with Crippen LogP contribution in [0.5, 0.6) is 0 Å². The number of hydrogen-bond acceptors (Lipinski definition) is 4. The molecule has 2 heterocycles. The zero-order valence-electron chi connectivity index (χ0n) is 13.8. The molecule has 1 saturated heterocycles.